The zero-order valence-corrected chi connectivity index (χ0v) is 10.7. The molecule has 1 aromatic heterocycles. The van der Waals surface area contributed by atoms with Crippen molar-refractivity contribution in [1.82, 2.24) is 4.98 Å². The minimum absolute atomic E-state index is 0.138. The molecular formula is C12H17ClN2O2. The van der Waals surface area contributed by atoms with E-state index in [0.717, 1.165) is 31.8 Å². The van der Waals surface area contributed by atoms with Crippen molar-refractivity contribution in [3.05, 3.63) is 22.8 Å². The molecule has 0 spiro atoms. The zero-order chi connectivity index (χ0) is 12.3. The van der Waals surface area contributed by atoms with Crippen molar-refractivity contribution in [2.24, 2.45) is 0 Å². The van der Waals surface area contributed by atoms with Gasteiger partial charge in [-0.1, -0.05) is 11.6 Å². The van der Waals surface area contributed by atoms with Crippen LogP contribution >= 0.6 is 11.6 Å². The summed E-state index contributed by atoms with van der Waals surface area (Å²) in [6.45, 7) is 1.54. The number of hydrogen-bond acceptors (Lipinski definition) is 4. The van der Waals surface area contributed by atoms with Gasteiger partial charge in [0, 0.05) is 20.2 Å². The number of rotatable bonds is 4. The minimum Gasteiger partial charge on any atom is -0.390 e. The molecule has 0 aromatic carbocycles. The molecule has 94 valence electrons. The van der Waals surface area contributed by atoms with E-state index in [9.17, 15) is 0 Å². The van der Waals surface area contributed by atoms with Gasteiger partial charge in [0.1, 0.15) is 5.82 Å². The fourth-order valence-electron chi connectivity index (χ4n) is 1.98. The van der Waals surface area contributed by atoms with E-state index in [1.807, 2.05) is 18.0 Å². The third kappa shape index (κ3) is 3.09. The van der Waals surface area contributed by atoms with Crippen LogP contribution in [0.15, 0.2) is 12.1 Å². The number of likely N-dealkylation sites (N-methyl/N-ethyl adjacent to an activating group) is 1. The van der Waals surface area contributed by atoms with Gasteiger partial charge in [-0.2, -0.15) is 0 Å². The van der Waals surface area contributed by atoms with Gasteiger partial charge in [-0.15, -0.1) is 0 Å². The summed E-state index contributed by atoms with van der Waals surface area (Å²) in [5, 5.41) is 9.62. The Labute approximate surface area is 106 Å². The SMILES string of the molecule is CN(CC1CCCO1)c1ccc(Cl)c(CO)n1. The summed E-state index contributed by atoms with van der Waals surface area (Å²) in [4.78, 5) is 6.35. The van der Waals surface area contributed by atoms with Crippen LogP contribution < -0.4 is 4.90 Å². The number of halogens is 1. The highest BCUT2D eigenvalue weighted by molar-refractivity contribution is 6.31. The Morgan fingerprint density at radius 1 is 1.59 bits per heavy atom. The van der Waals surface area contributed by atoms with Crippen LogP contribution in [-0.2, 0) is 11.3 Å². The Bertz CT molecular complexity index is 381. The highest BCUT2D eigenvalue weighted by atomic mass is 35.5. The molecule has 1 N–H and O–H groups in total. The summed E-state index contributed by atoms with van der Waals surface area (Å²) in [6, 6.07) is 3.62. The van der Waals surface area contributed by atoms with Crippen molar-refractivity contribution in [3.8, 4) is 0 Å². The molecule has 1 unspecified atom stereocenters. The van der Waals surface area contributed by atoms with Gasteiger partial charge >= 0.3 is 0 Å². The molecular weight excluding hydrogens is 240 g/mol. The third-order valence-electron chi connectivity index (χ3n) is 2.95. The topological polar surface area (TPSA) is 45.6 Å². The standard InChI is InChI=1S/C12H17ClN2O2/c1-15(7-9-3-2-6-17-9)12-5-4-10(13)11(8-16)14-12/h4-5,9,16H,2-3,6-8H2,1H3. The Morgan fingerprint density at radius 3 is 3.06 bits per heavy atom. The van der Waals surface area contributed by atoms with Gasteiger partial charge in [0.2, 0.25) is 0 Å². The molecule has 0 aliphatic carbocycles. The van der Waals surface area contributed by atoms with Crippen molar-refractivity contribution >= 4 is 17.4 Å². The van der Waals surface area contributed by atoms with E-state index in [0.29, 0.717) is 10.7 Å². The van der Waals surface area contributed by atoms with Gasteiger partial charge in [-0.05, 0) is 25.0 Å². The average Bonchev–Trinajstić information content (AvgIpc) is 2.82. The molecule has 1 saturated heterocycles. The zero-order valence-electron chi connectivity index (χ0n) is 9.90. The van der Waals surface area contributed by atoms with Crippen LogP contribution in [0.3, 0.4) is 0 Å². The molecule has 1 aliphatic heterocycles. The summed E-state index contributed by atoms with van der Waals surface area (Å²) in [5.41, 5.74) is 0.517. The number of pyridine rings is 1. The number of aliphatic hydroxyl groups excluding tert-OH is 1. The minimum atomic E-state index is -0.138. The summed E-state index contributed by atoms with van der Waals surface area (Å²) in [6.07, 6.45) is 2.52. The van der Waals surface area contributed by atoms with E-state index in [1.54, 1.807) is 6.07 Å². The predicted molar refractivity (Wildman–Crippen MR) is 67.4 cm³/mol. The summed E-state index contributed by atoms with van der Waals surface area (Å²) in [5.74, 6) is 0.814. The molecule has 5 heteroatoms. The molecule has 17 heavy (non-hydrogen) atoms. The summed E-state index contributed by atoms with van der Waals surface area (Å²) in [7, 11) is 1.97. The van der Waals surface area contributed by atoms with Gasteiger partial charge < -0.3 is 14.7 Å². The van der Waals surface area contributed by atoms with Crippen LogP contribution in [0.4, 0.5) is 5.82 Å². The van der Waals surface area contributed by atoms with Gasteiger partial charge in [0.15, 0.2) is 0 Å². The molecule has 0 amide bonds. The van der Waals surface area contributed by atoms with Crippen molar-refractivity contribution in [1.29, 1.82) is 0 Å². The maximum absolute atomic E-state index is 9.12. The number of aromatic nitrogens is 1. The molecule has 2 rings (SSSR count). The van der Waals surface area contributed by atoms with E-state index < -0.39 is 0 Å². The van der Waals surface area contributed by atoms with Gasteiger partial charge in [-0.3, -0.25) is 0 Å². The summed E-state index contributed by atoms with van der Waals surface area (Å²) < 4.78 is 5.58. The Morgan fingerprint density at radius 2 is 2.41 bits per heavy atom. The van der Waals surface area contributed by atoms with Crippen LogP contribution in [0.25, 0.3) is 0 Å². The van der Waals surface area contributed by atoms with Crippen molar-refractivity contribution in [2.75, 3.05) is 25.1 Å². The summed E-state index contributed by atoms with van der Waals surface area (Å²) >= 11 is 5.91. The first-order valence-electron chi connectivity index (χ1n) is 5.79. The molecule has 1 aliphatic rings. The maximum Gasteiger partial charge on any atom is 0.128 e. The normalized spacial score (nSPS) is 19.6. The monoisotopic (exact) mass is 256 g/mol. The Kier molecular flexibility index (Phi) is 4.20. The second kappa shape index (κ2) is 5.67. The van der Waals surface area contributed by atoms with E-state index >= 15 is 0 Å². The first kappa shape index (κ1) is 12.6. The van der Waals surface area contributed by atoms with Gasteiger partial charge in [0.25, 0.3) is 0 Å². The molecule has 0 saturated carbocycles. The van der Waals surface area contributed by atoms with Crippen LogP contribution in [0.2, 0.25) is 5.02 Å². The molecule has 2 heterocycles. The quantitative estimate of drug-likeness (QED) is 0.893. The van der Waals surface area contributed by atoms with E-state index in [-0.39, 0.29) is 12.7 Å². The lowest BCUT2D eigenvalue weighted by atomic mass is 10.2. The number of aliphatic hydroxyl groups is 1. The number of anilines is 1. The Hall–Kier alpha value is -0.840. The fourth-order valence-corrected chi connectivity index (χ4v) is 2.15. The van der Waals surface area contributed by atoms with Crippen LogP contribution in [0.1, 0.15) is 18.5 Å². The van der Waals surface area contributed by atoms with Crippen LogP contribution in [0.5, 0.6) is 0 Å². The molecule has 0 radical (unpaired) electrons. The van der Waals surface area contributed by atoms with E-state index in [2.05, 4.69) is 4.98 Å². The molecule has 4 nitrogen and oxygen atoms in total. The first-order valence-corrected chi connectivity index (χ1v) is 6.17. The van der Waals surface area contributed by atoms with E-state index in [4.69, 9.17) is 21.4 Å². The number of ether oxygens (including phenoxy) is 1. The molecule has 1 atom stereocenters. The largest absolute Gasteiger partial charge is 0.390 e. The lowest BCUT2D eigenvalue weighted by Gasteiger charge is -2.22. The highest BCUT2D eigenvalue weighted by Crippen LogP contribution is 2.20. The van der Waals surface area contributed by atoms with Crippen LogP contribution in [-0.4, -0.2) is 36.4 Å². The maximum atomic E-state index is 9.12. The van der Waals surface area contributed by atoms with Crippen molar-refractivity contribution in [2.45, 2.75) is 25.6 Å². The molecule has 0 bridgehead atoms. The predicted octanol–water partition coefficient (Wildman–Crippen LogP) is 1.84. The number of nitrogens with zero attached hydrogens (tertiary/aromatic N) is 2. The highest BCUT2D eigenvalue weighted by Gasteiger charge is 2.18. The average molecular weight is 257 g/mol. The fraction of sp³-hybridized carbons (Fsp3) is 0.583. The molecule has 1 fully saturated rings. The third-order valence-corrected chi connectivity index (χ3v) is 3.29. The second-order valence-corrected chi connectivity index (χ2v) is 4.68. The van der Waals surface area contributed by atoms with Crippen LogP contribution in [0, 0.1) is 0 Å². The lowest BCUT2D eigenvalue weighted by Crippen LogP contribution is -2.29. The number of hydrogen-bond donors (Lipinski definition) is 1. The van der Waals surface area contributed by atoms with Gasteiger partial charge in [-0.25, -0.2) is 4.98 Å². The first-order chi connectivity index (χ1) is 8.20. The van der Waals surface area contributed by atoms with Crippen molar-refractivity contribution in [3.63, 3.8) is 0 Å². The smallest absolute Gasteiger partial charge is 0.128 e. The second-order valence-electron chi connectivity index (χ2n) is 4.27. The van der Waals surface area contributed by atoms with Gasteiger partial charge in [0.05, 0.1) is 23.4 Å². The van der Waals surface area contributed by atoms with Crippen molar-refractivity contribution < 1.29 is 9.84 Å². The molecule has 1 aromatic rings. The lowest BCUT2D eigenvalue weighted by molar-refractivity contribution is 0.116. The van der Waals surface area contributed by atoms with E-state index in [1.165, 1.54) is 0 Å². The Balaban J connectivity index is 2.04.